The van der Waals surface area contributed by atoms with Gasteiger partial charge >= 0.3 is 12.1 Å². The minimum Gasteiger partial charge on any atom is -0.462 e. The number of hydrogen-bond acceptors (Lipinski definition) is 10. The van der Waals surface area contributed by atoms with E-state index in [4.69, 9.17) is 14.2 Å². The van der Waals surface area contributed by atoms with Gasteiger partial charge in [-0.3, -0.25) is 0 Å². The predicted molar refractivity (Wildman–Crippen MR) is 129 cm³/mol. The second-order valence-corrected chi connectivity index (χ2v) is 9.40. The quantitative estimate of drug-likeness (QED) is 0.0953. The standard InChI is InChI=1S/C24H27NO10S/c1-3-32-23(26)22(19-9-5-4-6-10-19)21(18-11-13-20(14-12-18)36(2,30)31)17-34-24(27)33-15-7-8-16-35-25(28)29/h4-6,9-14H,3,7-8,15-17H2,1-2H3. The topological polar surface area (TPSA) is 148 Å². The van der Waals surface area contributed by atoms with Crippen molar-refractivity contribution in [3.63, 3.8) is 0 Å². The van der Waals surface area contributed by atoms with Gasteiger partial charge in [0.25, 0.3) is 5.09 Å². The molecule has 0 bridgehead atoms. The molecule has 0 fully saturated rings. The van der Waals surface area contributed by atoms with E-state index in [2.05, 4.69) is 4.84 Å². The predicted octanol–water partition coefficient (Wildman–Crippen LogP) is 3.71. The molecule has 0 heterocycles. The van der Waals surface area contributed by atoms with Gasteiger partial charge in [-0.2, -0.15) is 0 Å². The molecule has 194 valence electrons. The monoisotopic (exact) mass is 521 g/mol. The van der Waals surface area contributed by atoms with Gasteiger partial charge in [-0.15, -0.1) is 10.1 Å². The second kappa shape index (κ2) is 13.8. The molecule has 2 aromatic carbocycles. The number of hydrogen-bond donors (Lipinski definition) is 0. The Balaban J connectivity index is 2.31. The molecule has 0 radical (unpaired) electrons. The van der Waals surface area contributed by atoms with Crippen LogP contribution in [0.4, 0.5) is 4.79 Å². The van der Waals surface area contributed by atoms with Gasteiger partial charge in [0.15, 0.2) is 9.84 Å². The molecule has 0 amide bonds. The lowest BCUT2D eigenvalue weighted by Gasteiger charge is -2.16. The van der Waals surface area contributed by atoms with E-state index in [0.29, 0.717) is 24.0 Å². The number of carbonyl (C=O) groups excluding carboxylic acids is 2. The van der Waals surface area contributed by atoms with Gasteiger partial charge < -0.3 is 19.0 Å². The minimum atomic E-state index is -3.45. The van der Waals surface area contributed by atoms with Crippen molar-refractivity contribution in [3.05, 3.63) is 75.8 Å². The molecule has 0 N–H and O–H groups in total. The van der Waals surface area contributed by atoms with E-state index in [0.717, 1.165) is 6.26 Å². The first kappa shape index (κ1) is 28.3. The molecule has 0 saturated heterocycles. The zero-order chi connectivity index (χ0) is 26.6. The highest BCUT2D eigenvalue weighted by atomic mass is 32.2. The van der Waals surface area contributed by atoms with Crippen molar-refractivity contribution in [2.75, 3.05) is 32.7 Å². The summed E-state index contributed by atoms with van der Waals surface area (Å²) in [4.78, 5) is 39.5. The third kappa shape index (κ3) is 9.02. The third-order valence-electron chi connectivity index (χ3n) is 4.76. The summed E-state index contributed by atoms with van der Waals surface area (Å²) in [5, 5.41) is 9.23. The molecule has 0 aromatic heterocycles. The Morgan fingerprint density at radius 1 is 0.889 bits per heavy atom. The molecular formula is C24H27NO10S. The number of sulfone groups is 1. The van der Waals surface area contributed by atoms with Crippen molar-refractivity contribution in [1.82, 2.24) is 0 Å². The molecule has 0 spiro atoms. The smallest absolute Gasteiger partial charge is 0.462 e. The number of nitrogens with zero attached hydrogens (tertiary/aromatic N) is 1. The van der Waals surface area contributed by atoms with Crippen LogP contribution in [0.3, 0.4) is 0 Å². The number of rotatable bonds is 13. The Kier molecular flexibility index (Phi) is 10.9. The van der Waals surface area contributed by atoms with Gasteiger partial charge in [0, 0.05) is 11.8 Å². The summed E-state index contributed by atoms with van der Waals surface area (Å²) >= 11 is 0. The molecule has 0 atom stereocenters. The molecule has 0 unspecified atom stereocenters. The lowest BCUT2D eigenvalue weighted by molar-refractivity contribution is -0.757. The van der Waals surface area contributed by atoms with Crippen LogP contribution in [0, 0.1) is 10.1 Å². The molecule has 12 heteroatoms. The van der Waals surface area contributed by atoms with Crippen molar-refractivity contribution in [1.29, 1.82) is 0 Å². The zero-order valence-electron chi connectivity index (χ0n) is 19.9. The van der Waals surface area contributed by atoms with Gasteiger partial charge in [0.1, 0.15) is 6.61 Å². The fourth-order valence-electron chi connectivity index (χ4n) is 3.10. The van der Waals surface area contributed by atoms with Crippen LogP contribution < -0.4 is 0 Å². The van der Waals surface area contributed by atoms with E-state index < -0.39 is 27.0 Å². The first-order valence-corrected chi connectivity index (χ1v) is 12.9. The van der Waals surface area contributed by atoms with Crippen molar-refractivity contribution in [2.24, 2.45) is 0 Å². The maximum absolute atomic E-state index is 12.9. The maximum atomic E-state index is 12.9. The number of esters is 1. The fourth-order valence-corrected chi connectivity index (χ4v) is 3.73. The van der Waals surface area contributed by atoms with Crippen molar-refractivity contribution >= 4 is 33.1 Å². The highest BCUT2D eigenvalue weighted by molar-refractivity contribution is 7.90. The Labute approximate surface area is 208 Å². The molecule has 0 aliphatic carbocycles. The number of benzene rings is 2. The summed E-state index contributed by atoms with van der Waals surface area (Å²) in [7, 11) is -3.45. The third-order valence-corrected chi connectivity index (χ3v) is 5.89. The Morgan fingerprint density at radius 3 is 2.11 bits per heavy atom. The second-order valence-electron chi connectivity index (χ2n) is 7.39. The molecule has 36 heavy (non-hydrogen) atoms. The van der Waals surface area contributed by atoms with Crippen LogP contribution in [0.1, 0.15) is 30.9 Å². The average molecular weight is 522 g/mol. The van der Waals surface area contributed by atoms with Crippen molar-refractivity contribution < 1.29 is 42.1 Å². The van der Waals surface area contributed by atoms with E-state index in [1.807, 2.05) is 0 Å². The van der Waals surface area contributed by atoms with Crippen molar-refractivity contribution in [3.8, 4) is 0 Å². The molecule has 2 rings (SSSR count). The van der Waals surface area contributed by atoms with Crippen LogP contribution in [0.15, 0.2) is 59.5 Å². The van der Waals surface area contributed by atoms with Gasteiger partial charge in [0.2, 0.25) is 0 Å². The Hall–Kier alpha value is -3.93. The van der Waals surface area contributed by atoms with Crippen molar-refractivity contribution in [2.45, 2.75) is 24.7 Å². The number of unbranched alkanes of at least 4 members (excludes halogenated alkanes) is 1. The summed E-state index contributed by atoms with van der Waals surface area (Å²) in [6, 6.07) is 14.4. The lowest BCUT2D eigenvalue weighted by Crippen LogP contribution is -2.15. The largest absolute Gasteiger partial charge is 0.508 e. The first-order chi connectivity index (χ1) is 17.1. The van der Waals surface area contributed by atoms with Crippen LogP contribution in [0.25, 0.3) is 11.1 Å². The number of carbonyl (C=O) groups is 2. The van der Waals surface area contributed by atoms with Crippen LogP contribution in [0.2, 0.25) is 0 Å². The van der Waals surface area contributed by atoms with Gasteiger partial charge in [-0.1, -0.05) is 42.5 Å². The first-order valence-electron chi connectivity index (χ1n) is 11.0. The Morgan fingerprint density at radius 2 is 1.53 bits per heavy atom. The van der Waals surface area contributed by atoms with E-state index >= 15 is 0 Å². The van der Waals surface area contributed by atoms with Crippen LogP contribution in [-0.2, 0) is 33.7 Å². The number of ether oxygens (including phenoxy) is 3. The zero-order valence-corrected chi connectivity index (χ0v) is 20.7. The lowest BCUT2D eigenvalue weighted by atomic mass is 9.95. The van der Waals surface area contributed by atoms with E-state index in [9.17, 15) is 28.1 Å². The molecule has 2 aromatic rings. The normalized spacial score (nSPS) is 11.7. The van der Waals surface area contributed by atoms with Gasteiger partial charge in [-0.05, 0) is 43.0 Å². The SMILES string of the molecule is CCOC(=O)C(=C(COC(=O)OCCCCO[N+](=O)[O-])c1ccc(S(C)(=O)=O)cc1)c1ccccc1. The summed E-state index contributed by atoms with van der Waals surface area (Å²) in [5.74, 6) is -0.645. The van der Waals surface area contributed by atoms with E-state index in [1.165, 1.54) is 24.3 Å². The summed E-state index contributed by atoms with van der Waals surface area (Å²) < 4.78 is 39.2. The summed E-state index contributed by atoms with van der Waals surface area (Å²) in [6.45, 7) is 1.22. The Bertz CT molecular complexity index is 1180. The average Bonchev–Trinajstić information content (AvgIpc) is 2.84. The van der Waals surface area contributed by atoms with Crippen LogP contribution >= 0.6 is 0 Å². The van der Waals surface area contributed by atoms with Crippen LogP contribution in [0.5, 0.6) is 0 Å². The molecule has 0 aliphatic rings. The molecular weight excluding hydrogens is 494 g/mol. The van der Waals surface area contributed by atoms with E-state index in [1.54, 1.807) is 37.3 Å². The molecule has 0 aliphatic heterocycles. The van der Waals surface area contributed by atoms with E-state index in [-0.39, 0.29) is 42.5 Å². The summed E-state index contributed by atoms with van der Waals surface area (Å²) in [5.41, 5.74) is 1.39. The van der Waals surface area contributed by atoms with Gasteiger partial charge in [-0.25, -0.2) is 18.0 Å². The molecule has 11 nitrogen and oxygen atoms in total. The fraction of sp³-hybridized carbons (Fsp3) is 0.333. The molecule has 0 saturated carbocycles. The highest BCUT2D eigenvalue weighted by Gasteiger charge is 2.22. The van der Waals surface area contributed by atoms with Gasteiger partial charge in [0.05, 0.1) is 30.3 Å². The highest BCUT2D eigenvalue weighted by Crippen LogP contribution is 2.29. The van der Waals surface area contributed by atoms with Crippen LogP contribution in [-0.4, -0.2) is 58.3 Å². The summed E-state index contributed by atoms with van der Waals surface area (Å²) in [6.07, 6.45) is 0.686. The maximum Gasteiger partial charge on any atom is 0.508 e. The minimum absolute atomic E-state index is 0.0502.